The van der Waals surface area contributed by atoms with E-state index in [1.54, 1.807) is 18.2 Å². The standard InChI is InChI=1S/C22H18Br2ClN3O3/c1-4-9-31-21-17(30-6-3)10-13(19(24)20(21)25)12-26-28-18(5-2)27-16-8-7-14(23)11-15(16)22(28)29/h1,7-8,10-12H,5-6,9H2,2-3H3. The molecule has 3 rings (SSSR count). The molecule has 0 aliphatic carbocycles. The van der Waals surface area contributed by atoms with E-state index in [1.807, 2.05) is 19.9 Å². The number of benzene rings is 2. The van der Waals surface area contributed by atoms with Crippen molar-refractivity contribution in [3.63, 3.8) is 0 Å². The summed E-state index contributed by atoms with van der Waals surface area (Å²) >= 11 is 13.3. The maximum atomic E-state index is 13.1. The van der Waals surface area contributed by atoms with Gasteiger partial charge in [0.25, 0.3) is 5.56 Å². The van der Waals surface area contributed by atoms with Crippen molar-refractivity contribution in [2.45, 2.75) is 20.3 Å². The third kappa shape index (κ3) is 4.95. The van der Waals surface area contributed by atoms with E-state index >= 15 is 0 Å². The summed E-state index contributed by atoms with van der Waals surface area (Å²) in [6.45, 7) is 4.22. The van der Waals surface area contributed by atoms with Crippen LogP contribution in [0.1, 0.15) is 25.2 Å². The van der Waals surface area contributed by atoms with E-state index in [-0.39, 0.29) is 12.2 Å². The minimum Gasteiger partial charge on any atom is -0.490 e. The number of terminal acetylenes is 1. The summed E-state index contributed by atoms with van der Waals surface area (Å²) in [6, 6.07) is 7.10. The van der Waals surface area contributed by atoms with Crippen LogP contribution in [0.4, 0.5) is 0 Å². The Morgan fingerprint density at radius 2 is 2.06 bits per heavy atom. The molecule has 0 spiro atoms. The lowest BCUT2D eigenvalue weighted by molar-refractivity contribution is 0.299. The third-order valence-corrected chi connectivity index (χ3v) is 6.20. The van der Waals surface area contributed by atoms with E-state index in [0.717, 1.165) is 4.47 Å². The molecule has 0 fully saturated rings. The highest BCUT2D eigenvalue weighted by atomic mass is 79.9. The summed E-state index contributed by atoms with van der Waals surface area (Å²) in [7, 11) is 0. The average molecular weight is 568 g/mol. The lowest BCUT2D eigenvalue weighted by atomic mass is 10.2. The second-order valence-electron chi connectivity index (χ2n) is 6.25. The number of nitrogens with zero attached hydrogens (tertiary/aromatic N) is 3. The van der Waals surface area contributed by atoms with E-state index in [4.69, 9.17) is 27.5 Å². The topological polar surface area (TPSA) is 65.7 Å². The SMILES string of the molecule is C#CCOc1c(OCC)cc(C=Nn2c(CC)nc3ccc(Br)cc3c2=O)c(Br)c1Cl. The number of halogens is 3. The molecule has 1 aromatic heterocycles. The van der Waals surface area contributed by atoms with Crippen LogP contribution in [0.3, 0.4) is 0 Å². The molecule has 0 amide bonds. The normalized spacial score (nSPS) is 11.1. The minimum atomic E-state index is -0.263. The molecule has 0 saturated heterocycles. The average Bonchev–Trinajstić information content (AvgIpc) is 2.76. The van der Waals surface area contributed by atoms with Crippen LogP contribution in [-0.2, 0) is 6.42 Å². The van der Waals surface area contributed by atoms with Gasteiger partial charge in [0, 0.05) is 20.9 Å². The Morgan fingerprint density at radius 1 is 1.29 bits per heavy atom. The number of aromatic nitrogens is 2. The molecular formula is C22H18Br2ClN3O3. The zero-order chi connectivity index (χ0) is 22.5. The molecule has 160 valence electrons. The van der Waals surface area contributed by atoms with Gasteiger partial charge in [-0.05, 0) is 47.1 Å². The molecule has 0 unspecified atom stereocenters. The highest BCUT2D eigenvalue weighted by Crippen LogP contribution is 2.42. The predicted molar refractivity (Wildman–Crippen MR) is 131 cm³/mol. The second-order valence-corrected chi connectivity index (χ2v) is 8.34. The monoisotopic (exact) mass is 565 g/mol. The Kier molecular flexibility index (Phi) is 7.76. The molecule has 9 heteroatoms. The molecule has 1 heterocycles. The first kappa shape index (κ1) is 23.3. The predicted octanol–water partition coefficient (Wildman–Crippen LogP) is 5.43. The van der Waals surface area contributed by atoms with Gasteiger partial charge in [-0.1, -0.05) is 40.4 Å². The Hall–Kier alpha value is -2.34. The summed E-state index contributed by atoms with van der Waals surface area (Å²) in [5.74, 6) is 3.71. The van der Waals surface area contributed by atoms with Gasteiger partial charge in [-0.3, -0.25) is 4.79 Å². The Morgan fingerprint density at radius 3 is 2.74 bits per heavy atom. The van der Waals surface area contributed by atoms with E-state index < -0.39 is 0 Å². The molecule has 0 aliphatic rings. The molecule has 0 saturated carbocycles. The number of hydrogen-bond acceptors (Lipinski definition) is 5. The van der Waals surface area contributed by atoms with E-state index in [1.165, 1.54) is 10.9 Å². The summed E-state index contributed by atoms with van der Waals surface area (Å²) in [6.07, 6.45) is 7.34. The summed E-state index contributed by atoms with van der Waals surface area (Å²) in [5, 5.41) is 5.17. The largest absolute Gasteiger partial charge is 0.490 e. The fourth-order valence-electron chi connectivity index (χ4n) is 2.87. The first-order chi connectivity index (χ1) is 14.9. The van der Waals surface area contributed by atoms with Crippen molar-refractivity contribution in [3.8, 4) is 23.8 Å². The van der Waals surface area contributed by atoms with Gasteiger partial charge in [0.15, 0.2) is 11.5 Å². The maximum Gasteiger partial charge on any atom is 0.282 e. The van der Waals surface area contributed by atoms with Crippen molar-refractivity contribution in [2.75, 3.05) is 13.2 Å². The van der Waals surface area contributed by atoms with Crippen LogP contribution in [0.2, 0.25) is 5.02 Å². The van der Waals surface area contributed by atoms with Crippen molar-refractivity contribution in [3.05, 3.63) is 60.0 Å². The number of aryl methyl sites for hydroxylation is 1. The van der Waals surface area contributed by atoms with Crippen LogP contribution in [-0.4, -0.2) is 29.1 Å². The van der Waals surface area contributed by atoms with Crippen molar-refractivity contribution in [1.29, 1.82) is 0 Å². The van der Waals surface area contributed by atoms with Crippen LogP contribution < -0.4 is 15.0 Å². The van der Waals surface area contributed by atoms with Gasteiger partial charge >= 0.3 is 0 Å². The fourth-order valence-corrected chi connectivity index (χ4v) is 3.89. The highest BCUT2D eigenvalue weighted by molar-refractivity contribution is 9.10. The van der Waals surface area contributed by atoms with Gasteiger partial charge in [-0.15, -0.1) is 6.42 Å². The smallest absolute Gasteiger partial charge is 0.282 e. The van der Waals surface area contributed by atoms with Gasteiger partial charge < -0.3 is 9.47 Å². The fraction of sp³-hybridized carbons (Fsp3) is 0.227. The van der Waals surface area contributed by atoms with E-state index in [2.05, 4.69) is 47.9 Å². The molecular weight excluding hydrogens is 550 g/mol. The van der Waals surface area contributed by atoms with Gasteiger partial charge in [0.1, 0.15) is 17.5 Å². The van der Waals surface area contributed by atoms with Gasteiger partial charge in [-0.2, -0.15) is 9.78 Å². The van der Waals surface area contributed by atoms with Crippen LogP contribution in [0.25, 0.3) is 10.9 Å². The molecule has 0 N–H and O–H groups in total. The van der Waals surface area contributed by atoms with E-state index in [0.29, 0.717) is 56.3 Å². The second kappa shape index (κ2) is 10.3. The summed E-state index contributed by atoms with van der Waals surface area (Å²) in [4.78, 5) is 17.6. The van der Waals surface area contributed by atoms with Crippen LogP contribution in [0.15, 0.2) is 43.1 Å². The number of hydrogen-bond donors (Lipinski definition) is 0. The van der Waals surface area contributed by atoms with Crippen molar-refractivity contribution in [1.82, 2.24) is 9.66 Å². The lowest BCUT2D eigenvalue weighted by Crippen LogP contribution is -2.22. The zero-order valence-corrected chi connectivity index (χ0v) is 20.7. The van der Waals surface area contributed by atoms with E-state index in [9.17, 15) is 4.79 Å². The number of ether oxygens (including phenoxy) is 2. The summed E-state index contributed by atoms with van der Waals surface area (Å²) < 4.78 is 13.8. The van der Waals surface area contributed by atoms with Crippen LogP contribution >= 0.6 is 43.5 Å². The molecule has 0 bridgehead atoms. The Labute approximate surface area is 201 Å². The highest BCUT2D eigenvalue weighted by Gasteiger charge is 2.17. The zero-order valence-electron chi connectivity index (χ0n) is 16.8. The Bertz CT molecular complexity index is 1270. The number of fused-ring (bicyclic) bond motifs is 1. The summed E-state index contributed by atoms with van der Waals surface area (Å²) in [5.41, 5.74) is 0.958. The van der Waals surface area contributed by atoms with Crippen molar-refractivity contribution < 1.29 is 9.47 Å². The molecule has 0 radical (unpaired) electrons. The number of rotatable bonds is 7. The molecule has 31 heavy (non-hydrogen) atoms. The van der Waals surface area contributed by atoms with Crippen LogP contribution in [0.5, 0.6) is 11.5 Å². The molecule has 2 aromatic carbocycles. The van der Waals surface area contributed by atoms with Crippen molar-refractivity contribution >= 4 is 60.6 Å². The molecule has 6 nitrogen and oxygen atoms in total. The third-order valence-electron chi connectivity index (χ3n) is 4.26. The Balaban J connectivity index is 2.13. The molecule has 3 aromatic rings. The van der Waals surface area contributed by atoms with Gasteiger partial charge in [0.05, 0.1) is 23.7 Å². The van der Waals surface area contributed by atoms with Gasteiger partial charge in [0.2, 0.25) is 0 Å². The van der Waals surface area contributed by atoms with Crippen molar-refractivity contribution in [2.24, 2.45) is 5.10 Å². The quantitative estimate of drug-likeness (QED) is 0.282. The minimum absolute atomic E-state index is 0.0489. The van der Waals surface area contributed by atoms with Crippen LogP contribution in [0, 0.1) is 12.3 Å². The molecule has 0 aliphatic heterocycles. The maximum absolute atomic E-state index is 13.1. The molecule has 0 atom stereocenters. The first-order valence-corrected chi connectivity index (χ1v) is 11.3. The van der Waals surface area contributed by atoms with Gasteiger partial charge in [-0.25, -0.2) is 4.98 Å². The first-order valence-electron chi connectivity index (χ1n) is 9.37. The lowest BCUT2D eigenvalue weighted by Gasteiger charge is -2.15.